The number of allylic oxidation sites excluding steroid dienone is 1. The predicted molar refractivity (Wildman–Crippen MR) is 47.6 cm³/mol. The van der Waals surface area contributed by atoms with Crippen LogP contribution in [-0.4, -0.2) is 13.0 Å². The summed E-state index contributed by atoms with van der Waals surface area (Å²) in [5, 5.41) is 2.72. The molecule has 0 radical (unpaired) electrons. The van der Waals surface area contributed by atoms with Gasteiger partial charge in [0.1, 0.15) is 0 Å². The van der Waals surface area contributed by atoms with E-state index in [9.17, 15) is 4.79 Å². The first kappa shape index (κ1) is 7.84. The Hall–Kier alpha value is -0.790. The number of carbonyl (C=O) groups is 1. The van der Waals surface area contributed by atoms with Crippen molar-refractivity contribution in [1.82, 2.24) is 5.32 Å². The smallest absolute Gasteiger partial charge is 0.227 e. The van der Waals surface area contributed by atoms with E-state index < -0.39 is 0 Å². The van der Waals surface area contributed by atoms with Gasteiger partial charge in [0.05, 0.1) is 5.92 Å². The molecular weight excluding hydrogens is 150 g/mol. The fourth-order valence-electron chi connectivity index (χ4n) is 2.22. The van der Waals surface area contributed by atoms with E-state index in [4.69, 9.17) is 0 Å². The van der Waals surface area contributed by atoms with Gasteiger partial charge in [-0.25, -0.2) is 0 Å². The molecule has 0 aromatic heterocycles. The Bertz CT molecular complexity index is 232. The van der Waals surface area contributed by atoms with Gasteiger partial charge >= 0.3 is 0 Å². The summed E-state index contributed by atoms with van der Waals surface area (Å²) in [6.07, 6.45) is 7.28. The Morgan fingerprint density at radius 3 is 3.17 bits per heavy atom. The lowest BCUT2D eigenvalue weighted by molar-refractivity contribution is -0.121. The third-order valence-corrected chi connectivity index (χ3v) is 2.96. The van der Waals surface area contributed by atoms with Crippen LogP contribution in [-0.2, 0) is 4.79 Å². The van der Waals surface area contributed by atoms with Gasteiger partial charge in [0, 0.05) is 7.05 Å². The fourth-order valence-corrected chi connectivity index (χ4v) is 2.22. The van der Waals surface area contributed by atoms with Crippen molar-refractivity contribution in [2.45, 2.75) is 25.7 Å². The summed E-state index contributed by atoms with van der Waals surface area (Å²) in [6, 6.07) is 0. The molecule has 1 amide bonds. The minimum atomic E-state index is 0.216. The Labute approximate surface area is 73.0 Å². The zero-order valence-electron chi connectivity index (χ0n) is 7.47. The third-order valence-electron chi connectivity index (χ3n) is 2.96. The molecule has 2 nitrogen and oxygen atoms in total. The monoisotopic (exact) mass is 165 g/mol. The van der Waals surface area contributed by atoms with Crippen molar-refractivity contribution in [2.24, 2.45) is 11.8 Å². The highest BCUT2D eigenvalue weighted by molar-refractivity contribution is 5.86. The first-order valence-corrected chi connectivity index (χ1v) is 4.76. The van der Waals surface area contributed by atoms with Gasteiger partial charge in [-0.1, -0.05) is 18.1 Å². The zero-order chi connectivity index (χ0) is 8.55. The largest absolute Gasteiger partial charge is 0.359 e. The average molecular weight is 165 g/mol. The van der Waals surface area contributed by atoms with Gasteiger partial charge < -0.3 is 5.32 Å². The van der Waals surface area contributed by atoms with E-state index in [2.05, 4.69) is 11.4 Å². The minimum Gasteiger partial charge on any atom is -0.359 e. The van der Waals surface area contributed by atoms with Crippen LogP contribution in [0.1, 0.15) is 25.7 Å². The molecule has 0 bridgehead atoms. The summed E-state index contributed by atoms with van der Waals surface area (Å²) in [5.74, 6) is 1.07. The normalized spacial score (nSPS) is 32.9. The molecule has 0 heterocycles. The van der Waals surface area contributed by atoms with E-state index in [1.54, 1.807) is 7.05 Å². The second-order valence-electron chi connectivity index (χ2n) is 3.69. The van der Waals surface area contributed by atoms with Gasteiger partial charge in [-0.3, -0.25) is 4.79 Å². The van der Waals surface area contributed by atoms with Crippen molar-refractivity contribution in [3.05, 3.63) is 11.6 Å². The van der Waals surface area contributed by atoms with Crippen molar-refractivity contribution < 1.29 is 4.79 Å². The highest BCUT2D eigenvalue weighted by Crippen LogP contribution is 2.50. The number of amides is 1. The van der Waals surface area contributed by atoms with Crippen LogP contribution in [0.5, 0.6) is 0 Å². The molecule has 2 aliphatic carbocycles. The van der Waals surface area contributed by atoms with Gasteiger partial charge in [-0.05, 0) is 25.2 Å². The second kappa shape index (κ2) is 2.92. The average Bonchev–Trinajstić information content (AvgIpc) is 2.76. The number of nitrogens with one attached hydrogen (secondary N) is 1. The molecule has 0 aliphatic heterocycles. The maximum absolute atomic E-state index is 11.3. The lowest BCUT2D eigenvalue weighted by atomic mass is 10.1. The Morgan fingerprint density at radius 2 is 2.42 bits per heavy atom. The maximum Gasteiger partial charge on any atom is 0.227 e. The molecule has 0 saturated heterocycles. The first-order valence-electron chi connectivity index (χ1n) is 4.76. The topological polar surface area (TPSA) is 29.1 Å². The number of fused-ring (bicyclic) bond motifs is 1. The molecule has 12 heavy (non-hydrogen) atoms. The van der Waals surface area contributed by atoms with Crippen LogP contribution in [0.4, 0.5) is 0 Å². The summed E-state index contributed by atoms with van der Waals surface area (Å²) < 4.78 is 0. The summed E-state index contributed by atoms with van der Waals surface area (Å²) >= 11 is 0. The molecular formula is C10H15NO. The van der Waals surface area contributed by atoms with E-state index in [0.29, 0.717) is 5.92 Å². The molecule has 2 unspecified atom stereocenters. The van der Waals surface area contributed by atoms with Gasteiger partial charge in [-0.2, -0.15) is 0 Å². The van der Waals surface area contributed by atoms with E-state index in [0.717, 1.165) is 0 Å². The maximum atomic E-state index is 11.3. The number of rotatable bonds is 1. The van der Waals surface area contributed by atoms with Crippen LogP contribution < -0.4 is 5.32 Å². The molecule has 0 aromatic rings. The molecule has 1 saturated carbocycles. The van der Waals surface area contributed by atoms with Crippen LogP contribution in [0, 0.1) is 11.8 Å². The van der Waals surface area contributed by atoms with Crippen LogP contribution in [0.2, 0.25) is 0 Å². The molecule has 2 rings (SSSR count). The van der Waals surface area contributed by atoms with Gasteiger partial charge in [-0.15, -0.1) is 0 Å². The van der Waals surface area contributed by atoms with E-state index >= 15 is 0 Å². The van der Waals surface area contributed by atoms with Crippen LogP contribution in [0.15, 0.2) is 11.6 Å². The Kier molecular flexibility index (Phi) is 1.91. The van der Waals surface area contributed by atoms with E-state index in [1.165, 1.54) is 31.3 Å². The molecule has 2 aliphatic rings. The van der Waals surface area contributed by atoms with Crippen LogP contribution in [0.25, 0.3) is 0 Å². The van der Waals surface area contributed by atoms with E-state index in [1.807, 2.05) is 0 Å². The third kappa shape index (κ3) is 1.15. The summed E-state index contributed by atoms with van der Waals surface area (Å²) in [7, 11) is 1.72. The summed E-state index contributed by atoms with van der Waals surface area (Å²) in [5.41, 5.74) is 1.41. The van der Waals surface area contributed by atoms with Crippen molar-refractivity contribution in [3.63, 3.8) is 0 Å². The predicted octanol–water partition coefficient (Wildman–Crippen LogP) is 1.48. The molecule has 1 N–H and O–H groups in total. The lowest BCUT2D eigenvalue weighted by Crippen LogP contribution is -2.20. The quantitative estimate of drug-likeness (QED) is 0.586. The second-order valence-corrected chi connectivity index (χ2v) is 3.69. The zero-order valence-corrected chi connectivity index (χ0v) is 7.47. The molecule has 1 fully saturated rings. The van der Waals surface area contributed by atoms with Crippen LogP contribution >= 0.6 is 0 Å². The number of hydrogen-bond acceptors (Lipinski definition) is 1. The Balaban J connectivity index is 2.05. The first-order chi connectivity index (χ1) is 5.84. The molecule has 2 heteroatoms. The number of carbonyl (C=O) groups excluding carboxylic acids is 1. The standard InChI is InChI=1S/C10H15NO/c1-11-10(12)9-7-5-3-2-4-6-8(7)9/h5,8-9H,2-4,6H2,1H3,(H,11,12). The Morgan fingerprint density at radius 1 is 1.58 bits per heavy atom. The van der Waals surface area contributed by atoms with E-state index in [-0.39, 0.29) is 11.8 Å². The van der Waals surface area contributed by atoms with Gasteiger partial charge in [0.25, 0.3) is 0 Å². The van der Waals surface area contributed by atoms with Crippen molar-refractivity contribution in [1.29, 1.82) is 0 Å². The lowest BCUT2D eigenvalue weighted by Gasteiger charge is -1.97. The fraction of sp³-hybridized carbons (Fsp3) is 0.700. The molecule has 66 valence electrons. The van der Waals surface area contributed by atoms with Crippen molar-refractivity contribution in [2.75, 3.05) is 7.05 Å². The van der Waals surface area contributed by atoms with Crippen molar-refractivity contribution in [3.8, 4) is 0 Å². The molecule has 0 aromatic carbocycles. The van der Waals surface area contributed by atoms with Gasteiger partial charge in [0.15, 0.2) is 0 Å². The molecule has 0 spiro atoms. The van der Waals surface area contributed by atoms with Crippen LogP contribution in [0.3, 0.4) is 0 Å². The number of hydrogen-bond donors (Lipinski definition) is 1. The SMILES string of the molecule is CNC(=O)C1C2=CCCCCC21. The van der Waals surface area contributed by atoms with Crippen molar-refractivity contribution >= 4 is 5.91 Å². The van der Waals surface area contributed by atoms with Gasteiger partial charge in [0.2, 0.25) is 5.91 Å². The molecule has 2 atom stereocenters. The highest BCUT2D eigenvalue weighted by atomic mass is 16.2. The summed E-state index contributed by atoms with van der Waals surface area (Å²) in [6.45, 7) is 0. The minimum absolute atomic E-state index is 0.216. The highest BCUT2D eigenvalue weighted by Gasteiger charge is 2.48. The summed E-state index contributed by atoms with van der Waals surface area (Å²) in [4.78, 5) is 11.3.